The Morgan fingerprint density at radius 2 is 1.97 bits per heavy atom. The summed E-state index contributed by atoms with van der Waals surface area (Å²) in [5.41, 5.74) is -0.733. The summed E-state index contributed by atoms with van der Waals surface area (Å²) >= 11 is 1.48. The standard InChI is InChI=1S/C19H30N4O5S/c1-19(2,3)28-18(27)23-8-5-14(6-9-23)21-12-13(11-20)16(24)22-15(17(25)26)7-10-29-4/h12,14-15,21H,5-10H2,1-4H3,(H,22,24)(H,25,26)/b13-12-. The van der Waals surface area contributed by atoms with Crippen molar-refractivity contribution in [2.45, 2.75) is 57.7 Å². The zero-order valence-corrected chi connectivity index (χ0v) is 18.2. The highest BCUT2D eigenvalue weighted by Gasteiger charge is 2.27. The van der Waals surface area contributed by atoms with Crippen molar-refractivity contribution in [2.75, 3.05) is 25.1 Å². The molecule has 29 heavy (non-hydrogen) atoms. The summed E-state index contributed by atoms with van der Waals surface area (Å²) in [4.78, 5) is 37.2. The number of nitrogens with zero attached hydrogens (tertiary/aromatic N) is 2. The summed E-state index contributed by atoms with van der Waals surface area (Å²) in [6, 6.07) is 0.757. The zero-order valence-electron chi connectivity index (χ0n) is 17.4. The summed E-state index contributed by atoms with van der Waals surface area (Å²) in [7, 11) is 0. The Bertz CT molecular complexity index is 660. The molecule has 0 aliphatic carbocycles. The fourth-order valence-electron chi connectivity index (χ4n) is 2.63. The molecular formula is C19H30N4O5S. The molecule has 1 fully saturated rings. The van der Waals surface area contributed by atoms with Crippen LogP contribution in [0, 0.1) is 11.3 Å². The van der Waals surface area contributed by atoms with E-state index in [-0.39, 0.29) is 24.1 Å². The number of hydrogen-bond acceptors (Lipinski definition) is 7. The minimum Gasteiger partial charge on any atom is -0.480 e. The van der Waals surface area contributed by atoms with Gasteiger partial charge >= 0.3 is 12.1 Å². The lowest BCUT2D eigenvalue weighted by Gasteiger charge is -2.33. The molecule has 1 saturated heterocycles. The number of carbonyl (C=O) groups is 3. The van der Waals surface area contributed by atoms with Gasteiger partial charge in [0.2, 0.25) is 0 Å². The number of amides is 2. The van der Waals surface area contributed by atoms with Gasteiger partial charge in [-0.25, -0.2) is 9.59 Å². The highest BCUT2D eigenvalue weighted by Crippen LogP contribution is 2.15. The van der Waals surface area contributed by atoms with Crippen LogP contribution in [-0.2, 0) is 14.3 Å². The SMILES string of the molecule is CSCCC(NC(=O)/C(C#N)=C\NC1CCN(C(=O)OC(C)(C)C)CC1)C(=O)O. The lowest BCUT2D eigenvalue weighted by molar-refractivity contribution is -0.141. The van der Waals surface area contributed by atoms with E-state index >= 15 is 0 Å². The number of ether oxygens (including phenoxy) is 1. The molecule has 1 atom stereocenters. The van der Waals surface area contributed by atoms with Crippen molar-refractivity contribution in [3.05, 3.63) is 11.8 Å². The number of hydrogen-bond donors (Lipinski definition) is 3. The molecule has 10 heteroatoms. The molecular weight excluding hydrogens is 396 g/mol. The maximum Gasteiger partial charge on any atom is 0.410 e. The Kier molecular flexibility index (Phi) is 9.81. The lowest BCUT2D eigenvalue weighted by atomic mass is 10.1. The number of aliphatic carboxylic acids is 1. The van der Waals surface area contributed by atoms with Crippen molar-refractivity contribution in [3.8, 4) is 6.07 Å². The molecule has 0 aromatic carbocycles. The number of rotatable bonds is 8. The predicted octanol–water partition coefficient (Wildman–Crippen LogP) is 1.71. The minimum atomic E-state index is -1.13. The molecule has 0 spiro atoms. The molecule has 1 heterocycles. The van der Waals surface area contributed by atoms with Crippen LogP contribution in [0.2, 0.25) is 0 Å². The second-order valence-electron chi connectivity index (χ2n) is 7.72. The average Bonchev–Trinajstić information content (AvgIpc) is 2.64. The monoisotopic (exact) mass is 426 g/mol. The zero-order chi connectivity index (χ0) is 22.0. The van der Waals surface area contributed by atoms with Gasteiger partial charge in [-0.1, -0.05) is 0 Å². The summed E-state index contributed by atoms with van der Waals surface area (Å²) in [6.45, 7) is 6.45. The highest BCUT2D eigenvalue weighted by atomic mass is 32.2. The molecule has 2 amide bonds. The van der Waals surface area contributed by atoms with Gasteiger partial charge < -0.3 is 25.4 Å². The van der Waals surface area contributed by atoms with Gasteiger partial charge in [0.1, 0.15) is 23.3 Å². The van der Waals surface area contributed by atoms with Crippen LogP contribution in [0.5, 0.6) is 0 Å². The number of thioether (sulfide) groups is 1. The fourth-order valence-corrected chi connectivity index (χ4v) is 3.11. The van der Waals surface area contributed by atoms with Crippen LogP contribution in [0.3, 0.4) is 0 Å². The van der Waals surface area contributed by atoms with Crippen LogP contribution >= 0.6 is 11.8 Å². The smallest absolute Gasteiger partial charge is 0.410 e. The molecule has 162 valence electrons. The maximum absolute atomic E-state index is 12.2. The Morgan fingerprint density at radius 3 is 2.45 bits per heavy atom. The molecule has 3 N–H and O–H groups in total. The largest absolute Gasteiger partial charge is 0.480 e. The summed E-state index contributed by atoms with van der Waals surface area (Å²) in [6.07, 6.45) is 4.37. The van der Waals surface area contributed by atoms with Gasteiger partial charge in [0.15, 0.2) is 0 Å². The number of piperidine rings is 1. The number of nitriles is 1. The van der Waals surface area contributed by atoms with Crippen LogP contribution in [0.1, 0.15) is 40.0 Å². The molecule has 1 aliphatic heterocycles. The first-order valence-corrected chi connectivity index (χ1v) is 10.8. The molecule has 1 unspecified atom stereocenters. The molecule has 9 nitrogen and oxygen atoms in total. The van der Waals surface area contributed by atoms with E-state index in [1.165, 1.54) is 18.0 Å². The number of carboxylic acid groups (broad SMARTS) is 1. The molecule has 0 aromatic heterocycles. The lowest BCUT2D eigenvalue weighted by Crippen LogP contribution is -2.46. The Morgan fingerprint density at radius 1 is 1.34 bits per heavy atom. The van der Waals surface area contributed by atoms with Gasteiger partial charge in [-0.2, -0.15) is 17.0 Å². The van der Waals surface area contributed by atoms with Crippen molar-refractivity contribution in [3.63, 3.8) is 0 Å². The Labute approximate surface area is 175 Å². The van der Waals surface area contributed by atoms with E-state index < -0.39 is 23.5 Å². The first kappa shape index (κ1) is 24.6. The summed E-state index contributed by atoms with van der Waals surface area (Å²) in [5, 5.41) is 23.8. The van der Waals surface area contributed by atoms with Gasteiger partial charge in [-0.05, 0) is 52.0 Å². The van der Waals surface area contributed by atoms with Crippen molar-refractivity contribution in [1.82, 2.24) is 15.5 Å². The third-order valence-electron chi connectivity index (χ3n) is 4.19. The van der Waals surface area contributed by atoms with E-state index in [0.717, 1.165) is 0 Å². The fraction of sp³-hybridized carbons (Fsp3) is 0.684. The van der Waals surface area contributed by atoms with Crippen LogP contribution in [-0.4, -0.2) is 70.8 Å². The summed E-state index contributed by atoms with van der Waals surface area (Å²) < 4.78 is 5.35. The second kappa shape index (κ2) is 11.6. The van der Waals surface area contributed by atoms with Gasteiger partial charge in [-0.3, -0.25) is 4.79 Å². The topological polar surface area (TPSA) is 132 Å². The van der Waals surface area contributed by atoms with E-state index in [1.807, 2.05) is 27.0 Å². The predicted molar refractivity (Wildman–Crippen MR) is 110 cm³/mol. The van der Waals surface area contributed by atoms with E-state index in [2.05, 4.69) is 10.6 Å². The van der Waals surface area contributed by atoms with E-state index in [0.29, 0.717) is 31.7 Å². The number of carboxylic acids is 1. The van der Waals surface area contributed by atoms with Gasteiger partial charge in [0, 0.05) is 25.3 Å². The van der Waals surface area contributed by atoms with Crippen LogP contribution in [0.15, 0.2) is 11.8 Å². The first-order chi connectivity index (χ1) is 13.6. The quantitative estimate of drug-likeness (QED) is 0.395. The van der Waals surface area contributed by atoms with Crippen LogP contribution < -0.4 is 10.6 Å². The molecule has 1 rings (SSSR count). The van der Waals surface area contributed by atoms with Crippen LogP contribution in [0.4, 0.5) is 4.79 Å². The summed E-state index contributed by atoms with van der Waals surface area (Å²) in [5.74, 6) is -1.27. The van der Waals surface area contributed by atoms with E-state index in [4.69, 9.17) is 4.74 Å². The van der Waals surface area contributed by atoms with Crippen molar-refractivity contribution >= 4 is 29.7 Å². The highest BCUT2D eigenvalue weighted by molar-refractivity contribution is 7.98. The molecule has 0 radical (unpaired) electrons. The minimum absolute atomic E-state index is 0.00315. The Balaban J connectivity index is 2.56. The van der Waals surface area contributed by atoms with Crippen molar-refractivity contribution in [1.29, 1.82) is 5.26 Å². The van der Waals surface area contributed by atoms with Crippen LogP contribution in [0.25, 0.3) is 0 Å². The molecule has 1 aliphatic rings. The third kappa shape index (κ3) is 9.09. The normalized spacial score (nSPS) is 16.5. The average molecular weight is 427 g/mol. The van der Waals surface area contributed by atoms with E-state index in [1.54, 1.807) is 11.0 Å². The first-order valence-electron chi connectivity index (χ1n) is 9.44. The molecule has 0 saturated carbocycles. The molecule has 0 aromatic rings. The second-order valence-corrected chi connectivity index (χ2v) is 8.71. The van der Waals surface area contributed by atoms with Gasteiger partial charge in [0.25, 0.3) is 5.91 Å². The number of likely N-dealkylation sites (tertiary alicyclic amines) is 1. The number of carbonyl (C=O) groups excluding carboxylic acids is 2. The third-order valence-corrected chi connectivity index (χ3v) is 4.83. The van der Waals surface area contributed by atoms with Gasteiger partial charge in [-0.15, -0.1) is 0 Å². The van der Waals surface area contributed by atoms with E-state index in [9.17, 15) is 24.8 Å². The van der Waals surface area contributed by atoms with Crippen molar-refractivity contribution < 1.29 is 24.2 Å². The maximum atomic E-state index is 12.2. The van der Waals surface area contributed by atoms with Gasteiger partial charge in [0.05, 0.1) is 0 Å². The Hall–Kier alpha value is -2.41. The number of nitrogens with one attached hydrogen (secondary N) is 2. The van der Waals surface area contributed by atoms with Crippen molar-refractivity contribution in [2.24, 2.45) is 0 Å². The molecule has 0 bridgehead atoms.